The molecule has 1 atom stereocenters. The summed E-state index contributed by atoms with van der Waals surface area (Å²) in [5, 5.41) is 9.01. The van der Waals surface area contributed by atoms with Crippen LogP contribution in [0.2, 0.25) is 5.02 Å². The molecule has 6 rings (SSSR count). The number of aromatic nitrogens is 3. The highest BCUT2D eigenvalue weighted by molar-refractivity contribution is 6.30. The highest BCUT2D eigenvalue weighted by atomic mass is 35.5. The molecule has 8 nitrogen and oxygen atoms in total. The number of carbonyl (C=O) groups is 2. The number of piperidine rings is 1. The van der Waals surface area contributed by atoms with Crippen molar-refractivity contribution in [2.24, 2.45) is 17.3 Å². The molecule has 9 heteroatoms. The summed E-state index contributed by atoms with van der Waals surface area (Å²) < 4.78 is 2.02. The summed E-state index contributed by atoms with van der Waals surface area (Å²) >= 11 is 6.21. The van der Waals surface area contributed by atoms with Crippen LogP contribution >= 0.6 is 11.6 Å². The molecule has 2 aliphatic carbocycles. The van der Waals surface area contributed by atoms with Gasteiger partial charge in [0.1, 0.15) is 12.7 Å². The monoisotopic (exact) mass is 672 g/mol. The van der Waals surface area contributed by atoms with E-state index in [9.17, 15) is 9.59 Å². The van der Waals surface area contributed by atoms with Crippen LogP contribution in [0.3, 0.4) is 0 Å². The Bertz CT molecular complexity index is 1430. The quantitative estimate of drug-likeness (QED) is 0.226. The highest BCUT2D eigenvalue weighted by Crippen LogP contribution is 2.47. The zero-order chi connectivity index (χ0) is 33.3. The zero-order valence-electron chi connectivity index (χ0n) is 28.6. The Morgan fingerprint density at radius 3 is 2.31 bits per heavy atom. The molecular weight excluding hydrogens is 620 g/mol. The molecule has 2 amide bonds. The molecule has 1 saturated heterocycles. The number of carbonyl (C=O) groups excluding carboxylic acids is 2. The van der Waals surface area contributed by atoms with E-state index in [1.165, 1.54) is 32.1 Å². The second-order valence-corrected chi connectivity index (χ2v) is 15.3. The van der Waals surface area contributed by atoms with E-state index >= 15 is 0 Å². The summed E-state index contributed by atoms with van der Waals surface area (Å²) in [7, 11) is 1.91. The minimum atomic E-state index is -0.288. The fourth-order valence-corrected chi connectivity index (χ4v) is 8.81. The first-order valence-electron chi connectivity index (χ1n) is 18.3. The van der Waals surface area contributed by atoms with Gasteiger partial charge in [-0.1, -0.05) is 73.3 Å². The fourth-order valence-electron chi connectivity index (χ4n) is 8.68. The largest absolute Gasteiger partial charge is 0.341 e. The van der Waals surface area contributed by atoms with Crippen LogP contribution in [-0.2, 0) is 29.1 Å². The average molecular weight is 673 g/mol. The number of amides is 2. The van der Waals surface area contributed by atoms with Gasteiger partial charge >= 0.3 is 0 Å². The van der Waals surface area contributed by atoms with Crippen LogP contribution in [0.25, 0.3) is 0 Å². The van der Waals surface area contributed by atoms with E-state index in [0.717, 1.165) is 69.3 Å². The van der Waals surface area contributed by atoms with Crippen molar-refractivity contribution in [3.63, 3.8) is 0 Å². The molecule has 3 aromatic rings. The second kappa shape index (κ2) is 16.4. The van der Waals surface area contributed by atoms with Crippen molar-refractivity contribution in [3.05, 3.63) is 83.4 Å². The van der Waals surface area contributed by atoms with Crippen LogP contribution in [0.4, 0.5) is 0 Å². The van der Waals surface area contributed by atoms with Crippen molar-refractivity contribution in [3.8, 4) is 0 Å². The first-order chi connectivity index (χ1) is 23.4. The first-order valence-corrected chi connectivity index (χ1v) is 18.6. The Balaban J connectivity index is 1.06. The van der Waals surface area contributed by atoms with Gasteiger partial charge in [0.05, 0.1) is 6.04 Å². The Morgan fingerprint density at radius 1 is 0.938 bits per heavy atom. The number of likely N-dealkylation sites (tertiary alicyclic amines) is 1. The van der Waals surface area contributed by atoms with Crippen molar-refractivity contribution in [2.75, 3.05) is 20.1 Å². The lowest BCUT2D eigenvalue weighted by Crippen LogP contribution is -2.55. The molecule has 3 aliphatic rings. The second-order valence-electron chi connectivity index (χ2n) is 14.8. The van der Waals surface area contributed by atoms with Gasteiger partial charge in [0.15, 0.2) is 0 Å². The maximum atomic E-state index is 14.3. The van der Waals surface area contributed by atoms with Crippen LogP contribution < -0.4 is 5.32 Å². The zero-order valence-corrected chi connectivity index (χ0v) is 29.4. The molecule has 1 aliphatic heterocycles. The lowest BCUT2D eigenvalue weighted by atomic mass is 9.63. The van der Waals surface area contributed by atoms with Crippen LogP contribution in [0.1, 0.15) is 88.2 Å². The van der Waals surface area contributed by atoms with Crippen molar-refractivity contribution in [1.29, 1.82) is 0 Å². The van der Waals surface area contributed by atoms with Crippen molar-refractivity contribution in [2.45, 2.75) is 109 Å². The molecule has 2 heterocycles. The molecule has 0 spiro atoms. The summed E-state index contributed by atoms with van der Waals surface area (Å²) in [6.07, 6.45) is 17.2. The van der Waals surface area contributed by atoms with Gasteiger partial charge in [-0.05, 0) is 98.3 Å². The van der Waals surface area contributed by atoms with Crippen LogP contribution in [-0.4, -0.2) is 68.6 Å². The number of nitrogens with one attached hydrogen (secondary N) is 1. The van der Waals surface area contributed by atoms with Gasteiger partial charge < -0.3 is 15.1 Å². The predicted molar refractivity (Wildman–Crippen MR) is 190 cm³/mol. The third-order valence-corrected chi connectivity index (χ3v) is 11.8. The van der Waals surface area contributed by atoms with E-state index < -0.39 is 0 Å². The predicted octanol–water partition coefficient (Wildman–Crippen LogP) is 6.93. The lowest BCUT2D eigenvalue weighted by Gasteiger charge is -2.48. The van der Waals surface area contributed by atoms with E-state index in [0.29, 0.717) is 36.2 Å². The SMILES string of the molecule is CN(Cc1ccccc1)C(=O)CC1CCC(N[C@H](Cc2ccc(Cl)cc2)C(=O)N2CCC(Cn3cncn3)(C3CCCCC3)CC2)CC1. The van der Waals surface area contributed by atoms with Crippen molar-refractivity contribution < 1.29 is 9.59 Å². The molecule has 0 bridgehead atoms. The first kappa shape index (κ1) is 34.6. The van der Waals surface area contributed by atoms with Crippen LogP contribution in [0, 0.1) is 17.3 Å². The maximum absolute atomic E-state index is 14.3. The molecule has 1 aromatic heterocycles. The number of benzene rings is 2. The normalized spacial score (nSPS) is 22.2. The van der Waals surface area contributed by atoms with Gasteiger partial charge in [-0.3, -0.25) is 14.3 Å². The summed E-state index contributed by atoms with van der Waals surface area (Å²) in [4.78, 5) is 35.6. The number of hydrogen-bond acceptors (Lipinski definition) is 5. The molecule has 258 valence electrons. The topological polar surface area (TPSA) is 83.4 Å². The van der Waals surface area contributed by atoms with Crippen molar-refractivity contribution in [1.82, 2.24) is 29.9 Å². The third-order valence-electron chi connectivity index (χ3n) is 11.6. The standard InChI is InChI=1S/C39H53ClN6O2/c1-44(26-32-8-4-2-5-9-32)37(47)25-31-14-18-35(19-15-31)43-36(24-30-12-16-34(40)17-13-30)38(48)45-22-20-39(21-23-45,27-46-29-41-28-42-46)33-10-6-3-7-11-33/h2,4-5,8-9,12-13,16-17,28-29,31,33,35-36,43H,3,6-7,10-11,14-15,18-27H2,1H3/t31?,35?,36-/m1/s1. The summed E-state index contributed by atoms with van der Waals surface area (Å²) in [6.45, 7) is 3.10. The summed E-state index contributed by atoms with van der Waals surface area (Å²) in [5.41, 5.74) is 2.43. The molecule has 0 unspecified atom stereocenters. The number of rotatable bonds is 12. The van der Waals surface area contributed by atoms with E-state index in [1.807, 2.05) is 65.4 Å². The molecule has 3 fully saturated rings. The van der Waals surface area contributed by atoms with Crippen LogP contribution in [0.5, 0.6) is 0 Å². The molecule has 1 N–H and O–H groups in total. The maximum Gasteiger partial charge on any atom is 0.240 e. The van der Waals surface area contributed by atoms with E-state index in [4.69, 9.17) is 11.6 Å². The highest BCUT2D eigenvalue weighted by Gasteiger charge is 2.44. The Kier molecular flexibility index (Phi) is 11.9. The van der Waals surface area contributed by atoms with E-state index in [2.05, 4.69) is 32.4 Å². The van der Waals surface area contributed by atoms with E-state index in [-0.39, 0.29) is 29.3 Å². The summed E-state index contributed by atoms with van der Waals surface area (Å²) in [5.74, 6) is 1.49. The van der Waals surface area contributed by atoms with Gasteiger partial charge in [-0.15, -0.1) is 0 Å². The number of halogens is 1. The van der Waals surface area contributed by atoms with Gasteiger partial charge in [0.25, 0.3) is 0 Å². The Hall–Kier alpha value is -3.23. The lowest BCUT2D eigenvalue weighted by molar-refractivity contribution is -0.137. The molecule has 48 heavy (non-hydrogen) atoms. The fraction of sp³-hybridized carbons (Fsp3) is 0.590. The van der Waals surface area contributed by atoms with E-state index in [1.54, 1.807) is 6.33 Å². The smallest absolute Gasteiger partial charge is 0.240 e. The average Bonchev–Trinajstić information content (AvgIpc) is 3.63. The van der Waals surface area contributed by atoms with Gasteiger partial charge in [0, 0.05) is 50.7 Å². The Morgan fingerprint density at radius 2 is 1.65 bits per heavy atom. The van der Waals surface area contributed by atoms with Crippen molar-refractivity contribution >= 4 is 23.4 Å². The van der Waals surface area contributed by atoms with Gasteiger partial charge in [0.2, 0.25) is 11.8 Å². The van der Waals surface area contributed by atoms with Crippen LogP contribution in [0.15, 0.2) is 67.3 Å². The number of hydrogen-bond donors (Lipinski definition) is 1. The summed E-state index contributed by atoms with van der Waals surface area (Å²) in [6, 6.07) is 18.1. The van der Waals surface area contributed by atoms with Gasteiger partial charge in [-0.2, -0.15) is 5.10 Å². The molecule has 2 saturated carbocycles. The molecule has 0 radical (unpaired) electrons. The molecular formula is C39H53ClN6O2. The minimum absolute atomic E-state index is 0.162. The number of nitrogens with zero attached hydrogens (tertiary/aromatic N) is 5. The van der Waals surface area contributed by atoms with Gasteiger partial charge in [-0.25, -0.2) is 4.98 Å². The Labute approximate surface area is 291 Å². The molecule has 2 aromatic carbocycles. The minimum Gasteiger partial charge on any atom is -0.341 e. The third kappa shape index (κ3) is 9.06.